The molecule has 1 aromatic carbocycles. The van der Waals surface area contributed by atoms with Crippen LogP contribution < -0.4 is 4.74 Å². The van der Waals surface area contributed by atoms with Crippen LogP contribution in [-0.4, -0.2) is 42.9 Å². The van der Waals surface area contributed by atoms with Crippen LogP contribution in [0.15, 0.2) is 24.3 Å². The molecule has 20 heavy (non-hydrogen) atoms. The zero-order valence-electron chi connectivity index (χ0n) is 12.0. The Morgan fingerprint density at radius 2 is 2.05 bits per heavy atom. The highest BCUT2D eigenvalue weighted by molar-refractivity contribution is 5.39. The molecule has 3 heteroatoms. The van der Waals surface area contributed by atoms with E-state index in [9.17, 15) is 0 Å². The van der Waals surface area contributed by atoms with Crippen LogP contribution in [0.3, 0.4) is 0 Å². The van der Waals surface area contributed by atoms with E-state index in [1.54, 1.807) is 0 Å². The van der Waals surface area contributed by atoms with Crippen molar-refractivity contribution in [2.45, 2.75) is 25.7 Å². The molecule has 108 valence electrons. The number of piperidine rings is 1. The van der Waals surface area contributed by atoms with Crippen molar-refractivity contribution in [2.75, 3.05) is 32.8 Å². The van der Waals surface area contributed by atoms with Crippen LogP contribution in [0.25, 0.3) is 0 Å². The Morgan fingerprint density at radius 3 is 2.85 bits per heavy atom. The van der Waals surface area contributed by atoms with E-state index in [1.807, 2.05) is 24.3 Å². The summed E-state index contributed by atoms with van der Waals surface area (Å²) in [5, 5.41) is 8.71. The normalized spacial score (nSPS) is 15.4. The van der Waals surface area contributed by atoms with Crippen molar-refractivity contribution in [1.29, 1.82) is 0 Å². The molecule has 2 rings (SSSR count). The van der Waals surface area contributed by atoms with Crippen molar-refractivity contribution >= 4 is 0 Å². The maximum absolute atomic E-state index is 8.71. The first kappa shape index (κ1) is 14.9. The molecule has 0 radical (unpaired) electrons. The lowest BCUT2D eigenvalue weighted by molar-refractivity contribution is 0.183. The molecule has 1 heterocycles. The molecule has 0 atom stereocenters. The SMILES string of the molecule is OCCC#Cc1cccc(OCCN2CCCCC2)c1. The van der Waals surface area contributed by atoms with Crippen LogP contribution >= 0.6 is 0 Å². The summed E-state index contributed by atoms with van der Waals surface area (Å²) in [4.78, 5) is 2.47. The Morgan fingerprint density at radius 1 is 1.20 bits per heavy atom. The number of rotatable bonds is 5. The Labute approximate surface area is 121 Å². The molecule has 3 nitrogen and oxygen atoms in total. The van der Waals surface area contributed by atoms with Gasteiger partial charge in [0, 0.05) is 18.5 Å². The van der Waals surface area contributed by atoms with Gasteiger partial charge in [-0.05, 0) is 44.1 Å². The van der Waals surface area contributed by atoms with Crippen LogP contribution in [0.4, 0.5) is 0 Å². The van der Waals surface area contributed by atoms with Crippen LogP contribution in [0.1, 0.15) is 31.2 Å². The molecule has 0 saturated carbocycles. The standard InChI is InChI=1S/C17H23NO2/c19-13-5-2-7-16-8-6-9-17(15-16)20-14-12-18-10-3-1-4-11-18/h6,8-9,15,19H,1,3-5,10-14H2. The molecule has 0 unspecified atom stereocenters. The number of hydrogen-bond acceptors (Lipinski definition) is 3. The Hall–Kier alpha value is -1.50. The van der Waals surface area contributed by atoms with E-state index in [-0.39, 0.29) is 6.61 Å². The van der Waals surface area contributed by atoms with Crippen molar-refractivity contribution in [3.05, 3.63) is 29.8 Å². The molecule has 0 aliphatic carbocycles. The zero-order chi connectivity index (χ0) is 14.0. The largest absolute Gasteiger partial charge is 0.492 e. The van der Waals surface area contributed by atoms with Crippen LogP contribution in [-0.2, 0) is 0 Å². The summed E-state index contributed by atoms with van der Waals surface area (Å²) in [7, 11) is 0. The smallest absolute Gasteiger partial charge is 0.120 e. The molecule has 0 aromatic heterocycles. The minimum absolute atomic E-state index is 0.110. The van der Waals surface area contributed by atoms with Gasteiger partial charge >= 0.3 is 0 Å². The van der Waals surface area contributed by atoms with Crippen molar-refractivity contribution < 1.29 is 9.84 Å². The monoisotopic (exact) mass is 273 g/mol. The number of nitrogens with zero attached hydrogens (tertiary/aromatic N) is 1. The van der Waals surface area contributed by atoms with Crippen molar-refractivity contribution in [3.8, 4) is 17.6 Å². The quantitative estimate of drug-likeness (QED) is 0.836. The van der Waals surface area contributed by atoms with Gasteiger partial charge in [0.05, 0.1) is 6.61 Å². The van der Waals surface area contributed by atoms with E-state index in [2.05, 4.69) is 16.7 Å². The fourth-order valence-electron chi connectivity index (χ4n) is 2.36. The first-order chi connectivity index (χ1) is 9.88. The minimum Gasteiger partial charge on any atom is -0.492 e. The van der Waals surface area contributed by atoms with E-state index in [4.69, 9.17) is 9.84 Å². The summed E-state index contributed by atoms with van der Waals surface area (Å²) < 4.78 is 5.80. The lowest BCUT2D eigenvalue weighted by Gasteiger charge is -2.26. The maximum atomic E-state index is 8.71. The second-order valence-corrected chi connectivity index (χ2v) is 5.05. The summed E-state index contributed by atoms with van der Waals surface area (Å²) in [6.07, 6.45) is 4.51. The summed E-state index contributed by atoms with van der Waals surface area (Å²) in [5.74, 6) is 6.82. The number of aliphatic hydroxyl groups is 1. The van der Waals surface area contributed by atoms with Crippen LogP contribution in [0.5, 0.6) is 5.75 Å². The molecule has 1 aromatic rings. The Balaban J connectivity index is 1.77. The van der Waals surface area contributed by atoms with Gasteiger partial charge in [0.25, 0.3) is 0 Å². The van der Waals surface area contributed by atoms with Gasteiger partial charge in [0.1, 0.15) is 12.4 Å². The van der Waals surface area contributed by atoms with E-state index < -0.39 is 0 Å². The van der Waals surface area contributed by atoms with Gasteiger partial charge in [-0.1, -0.05) is 24.3 Å². The average molecular weight is 273 g/mol. The zero-order valence-corrected chi connectivity index (χ0v) is 12.0. The lowest BCUT2D eigenvalue weighted by Crippen LogP contribution is -2.33. The molecule has 1 N–H and O–H groups in total. The Bertz CT molecular complexity index is 456. The molecular formula is C17H23NO2. The molecule has 0 spiro atoms. The number of aliphatic hydroxyl groups excluding tert-OH is 1. The molecule has 0 amide bonds. The first-order valence-corrected chi connectivity index (χ1v) is 7.43. The van der Waals surface area contributed by atoms with Crippen molar-refractivity contribution in [2.24, 2.45) is 0 Å². The number of benzene rings is 1. The van der Waals surface area contributed by atoms with E-state index in [0.717, 1.165) is 24.5 Å². The number of hydrogen-bond donors (Lipinski definition) is 1. The van der Waals surface area contributed by atoms with E-state index in [1.165, 1.54) is 32.4 Å². The van der Waals surface area contributed by atoms with Gasteiger partial charge in [0.15, 0.2) is 0 Å². The fraction of sp³-hybridized carbons (Fsp3) is 0.529. The fourth-order valence-corrected chi connectivity index (χ4v) is 2.36. The summed E-state index contributed by atoms with van der Waals surface area (Å²) in [6.45, 7) is 4.25. The first-order valence-electron chi connectivity index (χ1n) is 7.43. The third-order valence-electron chi connectivity index (χ3n) is 3.43. The van der Waals surface area contributed by atoms with Crippen molar-refractivity contribution in [1.82, 2.24) is 4.90 Å². The van der Waals surface area contributed by atoms with Gasteiger partial charge in [0.2, 0.25) is 0 Å². The molecular weight excluding hydrogens is 250 g/mol. The highest BCUT2D eigenvalue weighted by Gasteiger charge is 2.09. The topological polar surface area (TPSA) is 32.7 Å². The summed E-state index contributed by atoms with van der Waals surface area (Å²) in [6, 6.07) is 7.84. The summed E-state index contributed by atoms with van der Waals surface area (Å²) in [5.41, 5.74) is 0.939. The van der Waals surface area contributed by atoms with Gasteiger partial charge in [-0.2, -0.15) is 0 Å². The van der Waals surface area contributed by atoms with E-state index in [0.29, 0.717) is 6.42 Å². The second-order valence-electron chi connectivity index (χ2n) is 5.05. The molecule has 0 bridgehead atoms. The molecule has 1 fully saturated rings. The predicted molar refractivity (Wildman–Crippen MR) is 80.8 cm³/mol. The molecule has 1 saturated heterocycles. The average Bonchev–Trinajstić information content (AvgIpc) is 2.49. The molecule has 1 aliphatic heterocycles. The number of likely N-dealkylation sites (tertiary alicyclic amines) is 1. The van der Waals surface area contributed by atoms with E-state index >= 15 is 0 Å². The second kappa shape index (κ2) is 8.63. The maximum Gasteiger partial charge on any atom is 0.120 e. The highest BCUT2D eigenvalue weighted by atomic mass is 16.5. The van der Waals surface area contributed by atoms with Gasteiger partial charge in [-0.15, -0.1) is 0 Å². The lowest BCUT2D eigenvalue weighted by atomic mass is 10.1. The van der Waals surface area contributed by atoms with Crippen molar-refractivity contribution in [3.63, 3.8) is 0 Å². The number of ether oxygens (including phenoxy) is 1. The van der Waals surface area contributed by atoms with Crippen LogP contribution in [0.2, 0.25) is 0 Å². The summed E-state index contributed by atoms with van der Waals surface area (Å²) >= 11 is 0. The van der Waals surface area contributed by atoms with Crippen LogP contribution in [0, 0.1) is 11.8 Å². The van der Waals surface area contributed by atoms with Gasteiger partial charge < -0.3 is 9.84 Å². The molecule has 1 aliphatic rings. The van der Waals surface area contributed by atoms with Gasteiger partial charge in [-0.3, -0.25) is 4.90 Å². The predicted octanol–water partition coefficient (Wildman–Crippen LogP) is 2.29. The third kappa shape index (κ3) is 5.24. The minimum atomic E-state index is 0.110. The highest BCUT2D eigenvalue weighted by Crippen LogP contribution is 2.13. The van der Waals surface area contributed by atoms with Gasteiger partial charge in [-0.25, -0.2) is 0 Å². The Kier molecular flexibility index (Phi) is 6.43. The third-order valence-corrected chi connectivity index (χ3v) is 3.43.